The number of nitrogens with zero attached hydrogens (tertiary/aromatic N) is 3. The van der Waals surface area contributed by atoms with Gasteiger partial charge < -0.3 is 15.4 Å². The van der Waals surface area contributed by atoms with Crippen molar-refractivity contribution in [1.82, 2.24) is 15.0 Å². The molecule has 0 unspecified atom stereocenters. The Hall–Kier alpha value is -3.48. The van der Waals surface area contributed by atoms with E-state index in [9.17, 15) is 4.79 Å². The Morgan fingerprint density at radius 3 is 2.00 bits per heavy atom. The molecule has 3 rings (SSSR count). The number of hydrogen-bond acceptors (Lipinski definition) is 7. The summed E-state index contributed by atoms with van der Waals surface area (Å²) in [6, 6.07) is 15.4. The van der Waals surface area contributed by atoms with Gasteiger partial charge in [0.15, 0.2) is 0 Å². The molecule has 0 amide bonds. The van der Waals surface area contributed by atoms with Crippen LogP contribution in [0.5, 0.6) is 0 Å². The van der Waals surface area contributed by atoms with Gasteiger partial charge in [-0.2, -0.15) is 15.0 Å². The van der Waals surface area contributed by atoms with Crippen molar-refractivity contribution in [3.8, 4) is 0 Å². The number of aromatic nitrogens is 3. The molecule has 0 aliphatic heterocycles. The van der Waals surface area contributed by atoms with Crippen LogP contribution in [0.1, 0.15) is 21.7 Å². The molecule has 0 saturated carbocycles. The Bertz CT molecular complexity index is 908. The molecule has 1 heterocycles. The summed E-state index contributed by atoms with van der Waals surface area (Å²) >= 11 is 0. The van der Waals surface area contributed by atoms with E-state index in [-0.39, 0.29) is 17.7 Å². The van der Waals surface area contributed by atoms with Crippen LogP contribution in [0.25, 0.3) is 0 Å². The van der Waals surface area contributed by atoms with Gasteiger partial charge in [-0.1, -0.05) is 24.3 Å². The minimum atomic E-state index is -0.632. The highest BCUT2D eigenvalue weighted by molar-refractivity contribution is 5.85. The molecular weight excluding hydrogens is 330 g/mol. The van der Waals surface area contributed by atoms with E-state index < -0.39 is 5.97 Å². The van der Waals surface area contributed by atoms with Crippen LogP contribution in [0, 0.1) is 13.8 Å². The lowest BCUT2D eigenvalue weighted by atomic mass is 10.1. The molecule has 2 N–H and O–H groups in total. The number of aryl methyl sites for hydroxylation is 2. The molecule has 0 radical (unpaired) electrons. The smallest absolute Gasteiger partial charge is 0.376 e. The molecule has 1 aromatic heterocycles. The van der Waals surface area contributed by atoms with Gasteiger partial charge in [0.05, 0.1) is 7.11 Å². The first-order valence-electron chi connectivity index (χ1n) is 8.05. The zero-order valence-corrected chi connectivity index (χ0v) is 14.8. The monoisotopic (exact) mass is 349 g/mol. The van der Waals surface area contributed by atoms with Crippen LogP contribution in [0.2, 0.25) is 0 Å². The first-order chi connectivity index (χ1) is 12.5. The van der Waals surface area contributed by atoms with Gasteiger partial charge in [0, 0.05) is 11.4 Å². The van der Waals surface area contributed by atoms with Crippen LogP contribution in [0.15, 0.2) is 48.5 Å². The Morgan fingerprint density at radius 1 is 0.846 bits per heavy atom. The van der Waals surface area contributed by atoms with Crippen LogP contribution in [0.3, 0.4) is 0 Å². The zero-order chi connectivity index (χ0) is 18.5. The number of methoxy groups -OCH3 is 1. The summed E-state index contributed by atoms with van der Waals surface area (Å²) < 4.78 is 4.74. The SMILES string of the molecule is COC(=O)c1nc(Nc2ccccc2)nc(Nc2cc(C)cc(C)c2)n1. The topological polar surface area (TPSA) is 89.0 Å². The van der Waals surface area contributed by atoms with E-state index in [2.05, 4.69) is 31.7 Å². The van der Waals surface area contributed by atoms with E-state index in [1.807, 2.05) is 56.3 Å². The standard InChI is InChI=1S/C19H19N5O2/c1-12-9-13(2)11-15(10-12)21-19-23-16(17(25)26-3)22-18(24-19)20-14-7-5-4-6-8-14/h4-11H,1-3H3,(H2,20,21,22,23,24). The summed E-state index contributed by atoms with van der Waals surface area (Å²) in [6.45, 7) is 4.02. The summed E-state index contributed by atoms with van der Waals surface area (Å²) in [7, 11) is 1.29. The highest BCUT2D eigenvalue weighted by atomic mass is 16.5. The number of para-hydroxylation sites is 1. The molecule has 2 aromatic carbocycles. The van der Waals surface area contributed by atoms with E-state index in [0.29, 0.717) is 0 Å². The number of ether oxygens (including phenoxy) is 1. The first-order valence-corrected chi connectivity index (χ1v) is 8.05. The first kappa shape index (κ1) is 17.3. The third kappa shape index (κ3) is 4.32. The minimum absolute atomic E-state index is 0.0761. The molecule has 132 valence electrons. The van der Waals surface area contributed by atoms with Crippen LogP contribution in [-0.2, 0) is 4.74 Å². The summed E-state index contributed by atoms with van der Waals surface area (Å²) in [5.41, 5.74) is 3.84. The molecule has 0 atom stereocenters. The van der Waals surface area contributed by atoms with E-state index >= 15 is 0 Å². The van der Waals surface area contributed by atoms with Crippen molar-refractivity contribution >= 4 is 29.2 Å². The number of rotatable bonds is 5. The van der Waals surface area contributed by atoms with Gasteiger partial charge in [-0.25, -0.2) is 4.79 Å². The molecule has 0 bridgehead atoms. The number of nitrogens with one attached hydrogen (secondary N) is 2. The van der Waals surface area contributed by atoms with Crippen molar-refractivity contribution in [3.05, 3.63) is 65.5 Å². The van der Waals surface area contributed by atoms with E-state index in [1.54, 1.807) is 0 Å². The van der Waals surface area contributed by atoms with Gasteiger partial charge >= 0.3 is 5.97 Å². The average molecular weight is 349 g/mol. The highest BCUT2D eigenvalue weighted by Gasteiger charge is 2.14. The fraction of sp³-hybridized carbons (Fsp3) is 0.158. The second kappa shape index (κ2) is 7.60. The van der Waals surface area contributed by atoms with Crippen LogP contribution < -0.4 is 10.6 Å². The Kier molecular flexibility index (Phi) is 5.07. The predicted octanol–water partition coefficient (Wildman–Crippen LogP) is 3.76. The minimum Gasteiger partial charge on any atom is -0.463 e. The molecule has 7 nitrogen and oxygen atoms in total. The lowest BCUT2D eigenvalue weighted by molar-refractivity contribution is 0.0586. The average Bonchev–Trinajstić information content (AvgIpc) is 2.60. The maximum absolute atomic E-state index is 11.9. The van der Waals surface area contributed by atoms with Crippen LogP contribution in [0.4, 0.5) is 23.3 Å². The third-order valence-corrected chi connectivity index (χ3v) is 3.51. The molecule has 0 saturated heterocycles. The van der Waals surface area contributed by atoms with E-state index in [4.69, 9.17) is 4.74 Å². The van der Waals surface area contributed by atoms with Crippen molar-refractivity contribution in [2.75, 3.05) is 17.7 Å². The predicted molar refractivity (Wildman–Crippen MR) is 100 cm³/mol. The molecule has 26 heavy (non-hydrogen) atoms. The summed E-state index contributed by atoms with van der Waals surface area (Å²) in [6.07, 6.45) is 0. The summed E-state index contributed by atoms with van der Waals surface area (Å²) in [4.78, 5) is 24.5. The Labute approximate surface area is 151 Å². The summed E-state index contributed by atoms with van der Waals surface area (Å²) in [5.74, 6) is -0.206. The quantitative estimate of drug-likeness (QED) is 0.678. The van der Waals surface area contributed by atoms with Gasteiger partial charge in [-0.3, -0.25) is 0 Å². The van der Waals surface area contributed by atoms with E-state index in [1.165, 1.54) is 7.11 Å². The van der Waals surface area contributed by atoms with Gasteiger partial charge in [0.1, 0.15) is 0 Å². The van der Waals surface area contributed by atoms with Crippen LogP contribution >= 0.6 is 0 Å². The normalized spacial score (nSPS) is 10.3. The van der Waals surface area contributed by atoms with Gasteiger partial charge in [-0.15, -0.1) is 0 Å². The largest absolute Gasteiger partial charge is 0.463 e. The Balaban J connectivity index is 1.95. The number of hydrogen-bond donors (Lipinski definition) is 2. The molecule has 0 spiro atoms. The number of benzene rings is 2. The number of anilines is 4. The molecule has 0 aliphatic carbocycles. The molecule has 0 aliphatic rings. The van der Waals surface area contributed by atoms with E-state index in [0.717, 1.165) is 22.5 Å². The fourth-order valence-electron chi connectivity index (χ4n) is 2.50. The Morgan fingerprint density at radius 2 is 1.42 bits per heavy atom. The molecule has 7 heteroatoms. The maximum Gasteiger partial charge on any atom is 0.376 e. The lowest BCUT2D eigenvalue weighted by Gasteiger charge is -2.10. The number of esters is 1. The van der Waals surface area contributed by atoms with Gasteiger partial charge in [0.2, 0.25) is 17.7 Å². The zero-order valence-electron chi connectivity index (χ0n) is 14.8. The number of carbonyl (C=O) groups is 1. The van der Waals surface area contributed by atoms with Crippen LogP contribution in [-0.4, -0.2) is 28.0 Å². The van der Waals surface area contributed by atoms with Crippen molar-refractivity contribution in [2.45, 2.75) is 13.8 Å². The molecule has 3 aromatic rings. The maximum atomic E-state index is 11.9. The summed E-state index contributed by atoms with van der Waals surface area (Å²) in [5, 5.41) is 6.18. The molecule has 0 fully saturated rings. The second-order valence-electron chi connectivity index (χ2n) is 5.79. The van der Waals surface area contributed by atoms with Crippen molar-refractivity contribution < 1.29 is 9.53 Å². The van der Waals surface area contributed by atoms with Gasteiger partial charge in [-0.05, 0) is 49.2 Å². The second-order valence-corrected chi connectivity index (χ2v) is 5.79. The lowest BCUT2D eigenvalue weighted by Crippen LogP contribution is -2.13. The van der Waals surface area contributed by atoms with Crippen molar-refractivity contribution in [1.29, 1.82) is 0 Å². The molecular formula is C19H19N5O2. The third-order valence-electron chi connectivity index (χ3n) is 3.51. The van der Waals surface area contributed by atoms with Gasteiger partial charge in [0.25, 0.3) is 0 Å². The number of carbonyl (C=O) groups excluding carboxylic acids is 1. The van der Waals surface area contributed by atoms with Crippen molar-refractivity contribution in [3.63, 3.8) is 0 Å². The highest BCUT2D eigenvalue weighted by Crippen LogP contribution is 2.19. The fourth-order valence-corrected chi connectivity index (χ4v) is 2.50. The van der Waals surface area contributed by atoms with Crippen molar-refractivity contribution in [2.24, 2.45) is 0 Å².